The van der Waals surface area contributed by atoms with Crippen molar-refractivity contribution in [3.63, 3.8) is 0 Å². The van der Waals surface area contributed by atoms with Crippen molar-refractivity contribution in [3.8, 4) is 0 Å². The van der Waals surface area contributed by atoms with Gasteiger partial charge in [-0.1, -0.05) is 48.5 Å². The van der Waals surface area contributed by atoms with E-state index in [-0.39, 0.29) is 18.4 Å². The molecule has 0 spiro atoms. The van der Waals surface area contributed by atoms with Crippen LogP contribution in [0.1, 0.15) is 22.8 Å². The molecule has 6 heteroatoms. The van der Waals surface area contributed by atoms with Crippen LogP contribution in [0.2, 0.25) is 0 Å². The molecule has 0 atom stereocenters. The lowest BCUT2D eigenvalue weighted by atomic mass is 10.1. The summed E-state index contributed by atoms with van der Waals surface area (Å²) < 4.78 is 0.831. The van der Waals surface area contributed by atoms with Gasteiger partial charge in [-0.25, -0.2) is 5.43 Å². The summed E-state index contributed by atoms with van der Waals surface area (Å²) in [6.07, 6.45) is 3.52. The van der Waals surface area contributed by atoms with Crippen molar-refractivity contribution in [2.24, 2.45) is 5.10 Å². The van der Waals surface area contributed by atoms with E-state index in [0.29, 0.717) is 5.56 Å². The largest absolute Gasteiger partial charge is 0.343 e. The number of hydrogen-bond acceptors (Lipinski definition) is 3. The van der Waals surface area contributed by atoms with Crippen LogP contribution < -0.4 is 10.7 Å². The van der Waals surface area contributed by atoms with Crippen molar-refractivity contribution in [1.29, 1.82) is 0 Å². The van der Waals surface area contributed by atoms with Crippen molar-refractivity contribution in [3.05, 3.63) is 74.9 Å². The highest BCUT2D eigenvalue weighted by Crippen LogP contribution is 2.10. The van der Waals surface area contributed by atoms with Crippen LogP contribution in [0.4, 0.5) is 0 Å². The molecule has 2 amide bonds. The molecule has 2 rings (SSSR count). The van der Waals surface area contributed by atoms with E-state index in [1.807, 2.05) is 55.5 Å². The number of amides is 2. The third-order valence-electron chi connectivity index (χ3n) is 3.18. The number of carbonyl (C=O) groups is 2. The summed E-state index contributed by atoms with van der Waals surface area (Å²) in [6.45, 7) is 1.75. The smallest absolute Gasteiger partial charge is 0.259 e. The van der Waals surface area contributed by atoms with Gasteiger partial charge in [-0.2, -0.15) is 5.10 Å². The summed E-state index contributed by atoms with van der Waals surface area (Å²) in [5, 5.41) is 6.46. The zero-order valence-corrected chi connectivity index (χ0v) is 15.9. The Morgan fingerprint density at radius 2 is 1.76 bits per heavy atom. The molecule has 0 saturated carbocycles. The second-order valence-corrected chi connectivity index (χ2v) is 6.42. The predicted molar refractivity (Wildman–Crippen MR) is 108 cm³/mol. The van der Waals surface area contributed by atoms with Crippen LogP contribution >= 0.6 is 22.6 Å². The van der Waals surface area contributed by atoms with Gasteiger partial charge in [0.15, 0.2) is 0 Å². The highest BCUT2D eigenvalue weighted by Gasteiger charge is 2.10. The van der Waals surface area contributed by atoms with Gasteiger partial charge in [-0.3, -0.25) is 9.59 Å². The molecule has 0 aliphatic heterocycles. The first-order chi connectivity index (χ1) is 12.1. The normalized spacial score (nSPS) is 11.4. The van der Waals surface area contributed by atoms with Crippen LogP contribution in [-0.2, 0) is 4.79 Å². The molecule has 0 aliphatic carbocycles. The summed E-state index contributed by atoms with van der Waals surface area (Å²) in [4.78, 5) is 23.8. The molecule has 0 unspecified atom stereocenters. The maximum atomic E-state index is 12.0. The first-order valence-corrected chi connectivity index (χ1v) is 8.72. The Kier molecular flexibility index (Phi) is 7.34. The fraction of sp³-hybridized carbons (Fsp3) is 0.105. The fourth-order valence-corrected chi connectivity index (χ4v) is 2.63. The first-order valence-electron chi connectivity index (χ1n) is 7.64. The summed E-state index contributed by atoms with van der Waals surface area (Å²) in [7, 11) is 0. The molecule has 25 heavy (non-hydrogen) atoms. The number of benzene rings is 2. The Balaban J connectivity index is 1.80. The Hall–Kier alpha value is -2.48. The molecule has 2 N–H and O–H groups in total. The van der Waals surface area contributed by atoms with Gasteiger partial charge in [-0.05, 0) is 52.8 Å². The van der Waals surface area contributed by atoms with Crippen molar-refractivity contribution in [2.75, 3.05) is 6.54 Å². The Morgan fingerprint density at radius 1 is 1.08 bits per heavy atom. The van der Waals surface area contributed by atoms with E-state index in [0.717, 1.165) is 14.7 Å². The fourth-order valence-electron chi connectivity index (χ4n) is 2.00. The zero-order chi connectivity index (χ0) is 18.1. The SMILES string of the molecule is CC(=C/c1ccccc1)/C=N/NC(=O)CNC(=O)c1ccccc1I. The van der Waals surface area contributed by atoms with E-state index in [4.69, 9.17) is 0 Å². The van der Waals surface area contributed by atoms with Crippen LogP contribution in [0.15, 0.2) is 65.3 Å². The van der Waals surface area contributed by atoms with Gasteiger partial charge < -0.3 is 5.32 Å². The molecule has 0 fully saturated rings. The molecule has 2 aromatic rings. The average molecular weight is 447 g/mol. The molecule has 128 valence electrons. The Labute approximate surface area is 160 Å². The van der Waals surface area contributed by atoms with E-state index in [1.54, 1.807) is 18.3 Å². The number of carbonyl (C=O) groups excluding carboxylic acids is 2. The minimum atomic E-state index is -0.386. The number of nitrogens with one attached hydrogen (secondary N) is 2. The third-order valence-corrected chi connectivity index (χ3v) is 4.12. The average Bonchev–Trinajstić information content (AvgIpc) is 2.61. The van der Waals surface area contributed by atoms with Crippen molar-refractivity contribution in [2.45, 2.75) is 6.92 Å². The number of allylic oxidation sites excluding steroid dienone is 1. The summed E-state index contributed by atoms with van der Waals surface area (Å²) in [6, 6.07) is 17.0. The summed E-state index contributed by atoms with van der Waals surface area (Å²) >= 11 is 2.08. The van der Waals surface area contributed by atoms with Gasteiger partial charge >= 0.3 is 0 Å². The topological polar surface area (TPSA) is 70.6 Å². The minimum absolute atomic E-state index is 0.136. The van der Waals surface area contributed by atoms with Crippen molar-refractivity contribution < 1.29 is 9.59 Å². The zero-order valence-electron chi connectivity index (χ0n) is 13.7. The predicted octanol–water partition coefficient (Wildman–Crippen LogP) is 3.23. The van der Waals surface area contributed by atoms with Crippen LogP contribution in [0.5, 0.6) is 0 Å². The molecule has 0 aliphatic rings. The Morgan fingerprint density at radius 3 is 2.48 bits per heavy atom. The molecule has 0 heterocycles. The van der Waals surface area contributed by atoms with E-state index >= 15 is 0 Å². The second kappa shape index (κ2) is 9.73. The van der Waals surface area contributed by atoms with E-state index in [9.17, 15) is 9.59 Å². The molecule has 0 radical (unpaired) electrons. The van der Waals surface area contributed by atoms with E-state index in [1.165, 1.54) is 0 Å². The molecule has 0 saturated heterocycles. The van der Waals surface area contributed by atoms with Gasteiger partial charge in [0.2, 0.25) is 0 Å². The molecular weight excluding hydrogens is 429 g/mol. The lowest BCUT2D eigenvalue weighted by Gasteiger charge is -2.05. The summed E-state index contributed by atoms with van der Waals surface area (Å²) in [5.41, 5.74) is 4.89. The Bertz CT molecular complexity index is 801. The van der Waals surface area contributed by atoms with Gasteiger partial charge in [0.1, 0.15) is 0 Å². The van der Waals surface area contributed by atoms with Gasteiger partial charge in [-0.15, -0.1) is 0 Å². The highest BCUT2D eigenvalue weighted by molar-refractivity contribution is 14.1. The second-order valence-electron chi connectivity index (χ2n) is 5.25. The maximum absolute atomic E-state index is 12.0. The monoisotopic (exact) mass is 447 g/mol. The number of hydrogen-bond donors (Lipinski definition) is 2. The highest BCUT2D eigenvalue weighted by atomic mass is 127. The van der Waals surface area contributed by atoms with Crippen LogP contribution in [0.25, 0.3) is 6.08 Å². The van der Waals surface area contributed by atoms with E-state index < -0.39 is 0 Å². The van der Waals surface area contributed by atoms with Gasteiger partial charge in [0.05, 0.1) is 18.3 Å². The quantitative estimate of drug-likeness (QED) is 0.406. The van der Waals surface area contributed by atoms with E-state index in [2.05, 4.69) is 38.4 Å². The third kappa shape index (κ3) is 6.50. The molecule has 0 bridgehead atoms. The number of hydrazone groups is 1. The molecular formula is C19H18IN3O2. The minimum Gasteiger partial charge on any atom is -0.343 e. The standard InChI is InChI=1S/C19H18IN3O2/c1-14(11-15-7-3-2-4-8-15)12-22-23-18(24)13-21-19(25)16-9-5-6-10-17(16)20/h2-12H,13H2,1H3,(H,21,25)(H,23,24)/b14-11-,22-12+. The van der Waals surface area contributed by atoms with Crippen LogP contribution in [0, 0.1) is 3.57 Å². The summed E-state index contributed by atoms with van der Waals surface area (Å²) in [5.74, 6) is -0.674. The molecule has 0 aromatic heterocycles. The maximum Gasteiger partial charge on any atom is 0.259 e. The first kappa shape index (κ1) is 18.9. The molecule has 2 aromatic carbocycles. The number of nitrogens with zero attached hydrogens (tertiary/aromatic N) is 1. The van der Waals surface area contributed by atoms with Crippen molar-refractivity contribution in [1.82, 2.24) is 10.7 Å². The number of halogens is 1. The molecule has 5 nitrogen and oxygen atoms in total. The number of rotatable bonds is 6. The lowest BCUT2D eigenvalue weighted by molar-refractivity contribution is -0.120. The van der Waals surface area contributed by atoms with Crippen LogP contribution in [0.3, 0.4) is 0 Å². The lowest BCUT2D eigenvalue weighted by Crippen LogP contribution is -2.35. The van der Waals surface area contributed by atoms with Crippen molar-refractivity contribution >= 4 is 46.7 Å². The van der Waals surface area contributed by atoms with Gasteiger partial charge in [0.25, 0.3) is 11.8 Å². The van der Waals surface area contributed by atoms with Gasteiger partial charge in [0, 0.05) is 3.57 Å². The van der Waals surface area contributed by atoms with Crippen LogP contribution in [-0.4, -0.2) is 24.6 Å².